The van der Waals surface area contributed by atoms with E-state index < -0.39 is 11.7 Å². The van der Waals surface area contributed by atoms with Gasteiger partial charge in [0.2, 0.25) is 5.90 Å². The van der Waals surface area contributed by atoms with Crippen LogP contribution in [0.1, 0.15) is 38.9 Å². The van der Waals surface area contributed by atoms with Crippen LogP contribution < -0.4 is 14.8 Å². The van der Waals surface area contributed by atoms with Crippen LogP contribution in [0, 0.1) is 0 Å². The minimum atomic E-state index is -0.584. The number of ether oxygens (including phenoxy) is 3. The number of pyridine rings is 1. The first-order valence-corrected chi connectivity index (χ1v) is 10.5. The zero-order valence-electron chi connectivity index (χ0n) is 18.6. The number of amides is 1. The summed E-state index contributed by atoms with van der Waals surface area (Å²) in [4.78, 5) is 21.5. The van der Waals surface area contributed by atoms with E-state index in [-0.39, 0.29) is 6.10 Å². The average molecular weight is 447 g/mol. The maximum atomic E-state index is 11.8. The molecule has 0 radical (unpaired) electrons. The van der Waals surface area contributed by atoms with Crippen molar-refractivity contribution in [3.05, 3.63) is 78.5 Å². The first kappa shape index (κ1) is 22.1. The second-order valence-corrected chi connectivity index (χ2v) is 8.38. The number of oxime groups is 1. The molecule has 3 aromatic rings. The van der Waals surface area contributed by atoms with E-state index in [1.54, 1.807) is 32.9 Å². The summed E-state index contributed by atoms with van der Waals surface area (Å²) >= 11 is 0. The molecule has 0 saturated heterocycles. The van der Waals surface area contributed by atoms with E-state index in [9.17, 15) is 4.79 Å². The van der Waals surface area contributed by atoms with Gasteiger partial charge in [-0.05, 0) is 62.7 Å². The van der Waals surface area contributed by atoms with Crippen molar-refractivity contribution in [2.24, 2.45) is 5.16 Å². The molecule has 8 nitrogen and oxygen atoms in total. The fourth-order valence-corrected chi connectivity index (χ4v) is 3.03. The van der Waals surface area contributed by atoms with Gasteiger partial charge >= 0.3 is 6.09 Å². The largest absolute Gasteiger partial charge is 0.457 e. The summed E-state index contributed by atoms with van der Waals surface area (Å²) in [6.45, 7) is 5.38. The van der Waals surface area contributed by atoms with Gasteiger partial charge in [0.15, 0.2) is 6.10 Å². The molecule has 1 aliphatic heterocycles. The van der Waals surface area contributed by atoms with E-state index in [1.165, 1.54) is 6.20 Å². The van der Waals surface area contributed by atoms with Gasteiger partial charge in [-0.25, -0.2) is 9.78 Å². The fraction of sp³-hybridized carbons (Fsp3) is 0.240. The Morgan fingerprint density at radius 3 is 2.30 bits per heavy atom. The molecule has 2 heterocycles. The van der Waals surface area contributed by atoms with E-state index in [2.05, 4.69) is 15.5 Å². The number of hydrogen-bond donors (Lipinski definition) is 1. The quantitative estimate of drug-likeness (QED) is 0.510. The van der Waals surface area contributed by atoms with Crippen molar-refractivity contribution in [3.8, 4) is 17.2 Å². The number of para-hydroxylation sites is 1. The van der Waals surface area contributed by atoms with Crippen molar-refractivity contribution in [2.75, 3.05) is 5.32 Å². The lowest BCUT2D eigenvalue weighted by atomic mass is 10.1. The topological polar surface area (TPSA) is 91.3 Å². The van der Waals surface area contributed by atoms with E-state index in [0.29, 0.717) is 23.9 Å². The number of aromatic nitrogens is 1. The second-order valence-electron chi connectivity index (χ2n) is 8.38. The Morgan fingerprint density at radius 1 is 0.939 bits per heavy atom. The van der Waals surface area contributed by atoms with Crippen molar-refractivity contribution in [1.82, 2.24) is 4.98 Å². The minimum absolute atomic E-state index is 0.244. The average Bonchev–Trinajstić information content (AvgIpc) is 3.23. The van der Waals surface area contributed by atoms with Crippen LogP contribution in [-0.2, 0) is 9.57 Å². The molecular formula is C25H25N3O5. The highest BCUT2D eigenvalue weighted by molar-refractivity contribution is 5.84. The third-order valence-corrected chi connectivity index (χ3v) is 4.47. The molecule has 0 aliphatic carbocycles. The Labute approximate surface area is 192 Å². The standard InChI is InChI=1S/C25H25N3O5/c1-25(2,3)32-24(29)27-22-14-13-20(16-26-22)31-23-15-21(33-28-23)17-9-11-19(12-10-17)30-18-7-5-4-6-8-18/h4-14,16,21H,15H2,1-3H3,(H,26,27,29)/t21-/m0/s1. The number of nitrogens with one attached hydrogen (secondary N) is 1. The van der Waals surface area contributed by atoms with Gasteiger partial charge in [-0.3, -0.25) is 5.32 Å². The van der Waals surface area contributed by atoms with Crippen LogP contribution in [0.2, 0.25) is 0 Å². The van der Waals surface area contributed by atoms with E-state index in [4.69, 9.17) is 19.0 Å². The van der Waals surface area contributed by atoms with Gasteiger partial charge in [0, 0.05) is 0 Å². The molecule has 4 rings (SSSR count). The van der Waals surface area contributed by atoms with Gasteiger partial charge in [-0.1, -0.05) is 35.5 Å². The summed E-state index contributed by atoms with van der Waals surface area (Å²) in [5.41, 5.74) is 0.382. The van der Waals surface area contributed by atoms with Crippen LogP contribution in [0.4, 0.5) is 10.6 Å². The predicted molar refractivity (Wildman–Crippen MR) is 124 cm³/mol. The van der Waals surface area contributed by atoms with E-state index in [1.807, 2.05) is 54.6 Å². The number of rotatable bonds is 5. The van der Waals surface area contributed by atoms with E-state index >= 15 is 0 Å². The number of hydrogen-bond acceptors (Lipinski definition) is 7. The van der Waals surface area contributed by atoms with Gasteiger partial charge in [0.25, 0.3) is 0 Å². The Bertz CT molecular complexity index is 1110. The minimum Gasteiger partial charge on any atom is -0.457 e. The molecule has 0 saturated carbocycles. The van der Waals surface area contributed by atoms with Gasteiger partial charge in [-0.2, -0.15) is 0 Å². The summed E-state index contributed by atoms with van der Waals surface area (Å²) in [5, 5.41) is 6.61. The van der Waals surface area contributed by atoms with Crippen LogP contribution in [0.25, 0.3) is 0 Å². The van der Waals surface area contributed by atoms with Gasteiger partial charge < -0.3 is 19.0 Å². The van der Waals surface area contributed by atoms with Crippen LogP contribution in [0.5, 0.6) is 17.2 Å². The number of anilines is 1. The Balaban J connectivity index is 1.28. The molecule has 1 amide bonds. The third kappa shape index (κ3) is 6.46. The van der Waals surface area contributed by atoms with Crippen LogP contribution in [0.3, 0.4) is 0 Å². The normalized spacial score (nSPS) is 15.2. The van der Waals surface area contributed by atoms with Crippen LogP contribution in [-0.4, -0.2) is 22.6 Å². The van der Waals surface area contributed by atoms with Crippen molar-refractivity contribution >= 4 is 17.8 Å². The predicted octanol–water partition coefficient (Wildman–Crippen LogP) is 6.07. The Morgan fingerprint density at radius 2 is 1.64 bits per heavy atom. The first-order valence-electron chi connectivity index (χ1n) is 10.5. The maximum Gasteiger partial charge on any atom is 0.413 e. The summed E-state index contributed by atoms with van der Waals surface area (Å²) in [5.74, 6) is 2.81. The zero-order chi connectivity index (χ0) is 23.3. The summed E-state index contributed by atoms with van der Waals surface area (Å²) in [7, 11) is 0. The maximum absolute atomic E-state index is 11.8. The molecule has 170 valence electrons. The van der Waals surface area contributed by atoms with Gasteiger partial charge in [0.05, 0.1) is 12.6 Å². The summed E-state index contributed by atoms with van der Waals surface area (Å²) in [6.07, 6.45) is 1.17. The second kappa shape index (κ2) is 9.60. The molecule has 1 aromatic heterocycles. The molecular weight excluding hydrogens is 422 g/mol. The number of nitrogens with zero attached hydrogens (tertiary/aromatic N) is 2. The van der Waals surface area contributed by atoms with Crippen molar-refractivity contribution in [2.45, 2.75) is 38.9 Å². The van der Waals surface area contributed by atoms with Gasteiger partial charge in [-0.15, -0.1) is 0 Å². The van der Waals surface area contributed by atoms with Crippen molar-refractivity contribution in [3.63, 3.8) is 0 Å². The van der Waals surface area contributed by atoms with Crippen molar-refractivity contribution < 1.29 is 23.8 Å². The van der Waals surface area contributed by atoms with Crippen LogP contribution >= 0.6 is 0 Å². The highest BCUT2D eigenvalue weighted by atomic mass is 16.7. The molecule has 0 unspecified atom stereocenters. The number of carbonyl (C=O) groups is 1. The molecule has 0 fully saturated rings. The lowest BCUT2D eigenvalue weighted by Crippen LogP contribution is -2.27. The molecule has 1 N–H and O–H groups in total. The lowest BCUT2D eigenvalue weighted by molar-refractivity contribution is 0.0635. The SMILES string of the molecule is CC(C)(C)OC(=O)Nc1ccc(OC2=NO[C@H](c3ccc(Oc4ccccc4)cc3)C2)cn1. The lowest BCUT2D eigenvalue weighted by Gasteiger charge is -2.19. The third-order valence-electron chi connectivity index (χ3n) is 4.47. The molecule has 8 heteroatoms. The van der Waals surface area contributed by atoms with Gasteiger partial charge in [0.1, 0.15) is 28.7 Å². The monoisotopic (exact) mass is 447 g/mol. The molecule has 33 heavy (non-hydrogen) atoms. The smallest absolute Gasteiger partial charge is 0.413 e. The molecule has 1 atom stereocenters. The molecule has 1 aliphatic rings. The van der Waals surface area contributed by atoms with Crippen LogP contribution in [0.15, 0.2) is 78.1 Å². The summed E-state index contributed by atoms with van der Waals surface area (Å²) in [6, 6.07) is 20.6. The Kier molecular flexibility index (Phi) is 6.44. The molecule has 0 spiro atoms. The first-order chi connectivity index (χ1) is 15.8. The highest BCUT2D eigenvalue weighted by Crippen LogP contribution is 2.30. The molecule has 2 aromatic carbocycles. The Hall–Kier alpha value is -4.07. The molecule has 0 bridgehead atoms. The fourth-order valence-electron chi connectivity index (χ4n) is 3.03. The number of carbonyl (C=O) groups excluding carboxylic acids is 1. The van der Waals surface area contributed by atoms with E-state index in [0.717, 1.165) is 17.1 Å². The zero-order valence-corrected chi connectivity index (χ0v) is 18.6. The van der Waals surface area contributed by atoms with Crippen molar-refractivity contribution in [1.29, 1.82) is 0 Å². The summed E-state index contributed by atoms with van der Waals surface area (Å²) < 4.78 is 16.8. The number of benzene rings is 2. The highest BCUT2D eigenvalue weighted by Gasteiger charge is 2.25.